The molecule has 44 heavy (non-hydrogen) atoms. The molecule has 0 aliphatic carbocycles. The van der Waals surface area contributed by atoms with Crippen LogP contribution in [0.5, 0.6) is 11.5 Å². The van der Waals surface area contributed by atoms with Crippen LogP contribution in [0.3, 0.4) is 0 Å². The third-order valence-corrected chi connectivity index (χ3v) is 8.64. The molecule has 2 N–H and O–H groups in total. The van der Waals surface area contributed by atoms with Crippen LogP contribution in [-0.4, -0.2) is 25.8 Å². The van der Waals surface area contributed by atoms with Crippen molar-refractivity contribution in [1.82, 2.24) is 14.8 Å². The fourth-order valence-electron chi connectivity index (χ4n) is 4.58. The first kappa shape index (κ1) is 28.5. The van der Waals surface area contributed by atoms with Crippen molar-refractivity contribution in [3.05, 3.63) is 157 Å². The van der Waals surface area contributed by atoms with Crippen LogP contribution in [0.4, 0.5) is 5.69 Å². The SMILES string of the molecule is O=C(O)c1ccc(NC(c2cn(-c3ccccc3)nc2-c2ccccn2)P(=O)(Oc2ccccc2)Oc2ccccc2)cc1. The Labute approximate surface area is 253 Å². The number of pyridine rings is 1. The molecule has 0 radical (unpaired) electrons. The lowest BCUT2D eigenvalue weighted by Crippen LogP contribution is -2.18. The molecule has 0 aliphatic rings. The Kier molecular flexibility index (Phi) is 8.21. The average molecular weight is 603 g/mol. The first-order valence-electron chi connectivity index (χ1n) is 13.7. The van der Waals surface area contributed by atoms with E-state index in [1.165, 1.54) is 12.1 Å². The number of aromatic carboxylic acids is 1. The summed E-state index contributed by atoms with van der Waals surface area (Å²) >= 11 is 0. The molecule has 4 aromatic carbocycles. The molecule has 6 rings (SSSR count). The molecule has 2 aromatic heterocycles. The van der Waals surface area contributed by atoms with E-state index in [4.69, 9.17) is 14.1 Å². The van der Waals surface area contributed by atoms with Gasteiger partial charge in [-0.3, -0.25) is 4.98 Å². The molecule has 218 valence electrons. The highest BCUT2D eigenvalue weighted by atomic mass is 31.2. The highest BCUT2D eigenvalue weighted by Crippen LogP contribution is 2.61. The number of rotatable bonds is 11. The van der Waals surface area contributed by atoms with E-state index in [1.807, 2.05) is 54.6 Å². The topological polar surface area (TPSA) is 116 Å². The van der Waals surface area contributed by atoms with Crippen molar-refractivity contribution >= 4 is 19.3 Å². The van der Waals surface area contributed by atoms with E-state index in [0.717, 1.165) is 5.69 Å². The lowest BCUT2D eigenvalue weighted by Gasteiger charge is -2.29. The van der Waals surface area contributed by atoms with Crippen molar-refractivity contribution < 1.29 is 23.5 Å². The molecular formula is C34H27N4O5P. The predicted octanol–water partition coefficient (Wildman–Crippen LogP) is 8.09. The highest BCUT2D eigenvalue weighted by Gasteiger charge is 2.44. The molecular weight excluding hydrogens is 575 g/mol. The molecule has 0 saturated carbocycles. The lowest BCUT2D eigenvalue weighted by atomic mass is 10.1. The number of nitrogens with zero attached hydrogens (tertiary/aromatic N) is 3. The van der Waals surface area contributed by atoms with Gasteiger partial charge in [0.25, 0.3) is 0 Å². The molecule has 1 atom stereocenters. The molecule has 9 nitrogen and oxygen atoms in total. The van der Waals surface area contributed by atoms with Gasteiger partial charge in [0.1, 0.15) is 17.2 Å². The third-order valence-electron chi connectivity index (χ3n) is 6.67. The van der Waals surface area contributed by atoms with Crippen molar-refractivity contribution in [1.29, 1.82) is 0 Å². The number of anilines is 1. The highest BCUT2D eigenvalue weighted by molar-refractivity contribution is 7.55. The maximum Gasteiger partial charge on any atom is 0.457 e. The van der Waals surface area contributed by atoms with Gasteiger partial charge < -0.3 is 19.5 Å². The van der Waals surface area contributed by atoms with Crippen LogP contribution in [-0.2, 0) is 4.57 Å². The Balaban J connectivity index is 1.56. The van der Waals surface area contributed by atoms with Crippen LogP contribution in [0, 0.1) is 0 Å². The van der Waals surface area contributed by atoms with E-state index >= 15 is 4.57 Å². The normalized spacial score (nSPS) is 11.8. The first-order valence-corrected chi connectivity index (χ1v) is 15.3. The van der Waals surface area contributed by atoms with Crippen molar-refractivity contribution in [3.8, 4) is 28.6 Å². The minimum Gasteiger partial charge on any atom is -0.478 e. The largest absolute Gasteiger partial charge is 0.478 e. The number of aromatic nitrogens is 3. The summed E-state index contributed by atoms with van der Waals surface area (Å²) in [6.45, 7) is 0. The van der Waals surface area contributed by atoms with Gasteiger partial charge >= 0.3 is 13.6 Å². The second kappa shape index (κ2) is 12.7. The van der Waals surface area contributed by atoms with Gasteiger partial charge in [0.05, 0.1) is 16.9 Å². The van der Waals surface area contributed by atoms with E-state index in [-0.39, 0.29) is 5.56 Å². The van der Waals surface area contributed by atoms with Gasteiger partial charge in [0, 0.05) is 23.6 Å². The molecule has 0 spiro atoms. The summed E-state index contributed by atoms with van der Waals surface area (Å²) in [7, 11) is -4.23. The summed E-state index contributed by atoms with van der Waals surface area (Å²) in [6, 6.07) is 38.7. The van der Waals surface area contributed by atoms with E-state index in [1.54, 1.807) is 83.8 Å². The van der Waals surface area contributed by atoms with E-state index in [2.05, 4.69) is 10.3 Å². The molecule has 0 saturated heterocycles. The Bertz CT molecular complexity index is 1840. The zero-order valence-electron chi connectivity index (χ0n) is 23.3. The Morgan fingerprint density at radius 2 is 1.32 bits per heavy atom. The quantitative estimate of drug-likeness (QED) is 0.143. The number of nitrogens with one attached hydrogen (secondary N) is 1. The number of carbonyl (C=O) groups is 1. The van der Waals surface area contributed by atoms with E-state index in [9.17, 15) is 9.90 Å². The molecule has 0 bridgehead atoms. The minimum atomic E-state index is -4.23. The summed E-state index contributed by atoms with van der Waals surface area (Å²) in [5, 5.41) is 17.7. The zero-order chi connectivity index (χ0) is 30.4. The van der Waals surface area contributed by atoms with E-state index < -0.39 is 19.3 Å². The van der Waals surface area contributed by atoms with E-state index in [0.29, 0.717) is 34.1 Å². The number of hydrogen-bond donors (Lipinski definition) is 2. The number of benzene rings is 4. The predicted molar refractivity (Wildman–Crippen MR) is 168 cm³/mol. The third kappa shape index (κ3) is 6.38. The summed E-state index contributed by atoms with van der Waals surface area (Å²) in [4.78, 5) is 16.1. The standard InChI is InChI=1S/C34H27N4O5P/c39-34(40)25-19-21-26(22-20-25)36-33(44(41,42-28-14-6-2-7-15-28)43-29-16-8-3-9-17-29)30-24-38(27-12-4-1-5-13-27)37-32(30)31-18-10-11-23-35-31/h1-24,33,36H,(H,39,40). The first-order chi connectivity index (χ1) is 21.5. The van der Waals surface area contributed by atoms with Crippen molar-refractivity contribution in [2.75, 3.05) is 5.32 Å². The lowest BCUT2D eigenvalue weighted by molar-refractivity contribution is 0.0697. The summed E-state index contributed by atoms with van der Waals surface area (Å²) in [5.41, 5.74) is 2.89. The fourth-order valence-corrected chi connectivity index (χ4v) is 6.49. The fraction of sp³-hybridized carbons (Fsp3) is 0.0294. The Hall–Kier alpha value is -5.66. The van der Waals surface area contributed by atoms with Gasteiger partial charge in [-0.2, -0.15) is 5.10 Å². The van der Waals surface area contributed by atoms with Crippen LogP contribution < -0.4 is 14.4 Å². The molecule has 0 amide bonds. The minimum absolute atomic E-state index is 0.113. The maximum absolute atomic E-state index is 15.3. The van der Waals surface area contributed by atoms with Crippen LogP contribution in [0.1, 0.15) is 21.7 Å². The van der Waals surface area contributed by atoms with Gasteiger partial charge in [-0.15, -0.1) is 0 Å². The molecule has 6 aromatic rings. The van der Waals surface area contributed by atoms with Gasteiger partial charge in [-0.1, -0.05) is 60.7 Å². The second-order valence-electron chi connectivity index (χ2n) is 9.71. The van der Waals surface area contributed by atoms with Crippen LogP contribution in [0.15, 0.2) is 146 Å². The number of hydrogen-bond acceptors (Lipinski definition) is 7. The molecule has 2 heterocycles. The number of carboxylic acid groups (broad SMARTS) is 1. The average Bonchev–Trinajstić information content (AvgIpc) is 3.50. The summed E-state index contributed by atoms with van der Waals surface area (Å²) in [5.74, 6) is -1.50. The van der Waals surface area contributed by atoms with Gasteiger partial charge in [-0.05, 0) is 72.8 Å². The van der Waals surface area contributed by atoms with Crippen LogP contribution in [0.2, 0.25) is 0 Å². The number of para-hydroxylation sites is 3. The number of carboxylic acids is 1. The molecule has 0 aliphatic heterocycles. The van der Waals surface area contributed by atoms with Gasteiger partial charge in [0.15, 0.2) is 5.78 Å². The van der Waals surface area contributed by atoms with Gasteiger partial charge in [0.2, 0.25) is 0 Å². The summed E-state index contributed by atoms with van der Waals surface area (Å²) < 4.78 is 29.6. The van der Waals surface area contributed by atoms with Crippen LogP contribution >= 0.6 is 7.60 Å². The molecule has 0 fully saturated rings. The zero-order valence-corrected chi connectivity index (χ0v) is 24.2. The smallest absolute Gasteiger partial charge is 0.457 e. The van der Waals surface area contributed by atoms with Crippen molar-refractivity contribution in [2.24, 2.45) is 0 Å². The second-order valence-corrected chi connectivity index (χ2v) is 11.7. The maximum atomic E-state index is 15.3. The summed E-state index contributed by atoms with van der Waals surface area (Å²) in [6.07, 6.45) is 3.44. The van der Waals surface area contributed by atoms with Crippen LogP contribution in [0.25, 0.3) is 17.1 Å². The Morgan fingerprint density at radius 1 is 0.750 bits per heavy atom. The van der Waals surface area contributed by atoms with Gasteiger partial charge in [-0.25, -0.2) is 14.0 Å². The monoisotopic (exact) mass is 602 g/mol. The van der Waals surface area contributed by atoms with Crippen molar-refractivity contribution in [3.63, 3.8) is 0 Å². The van der Waals surface area contributed by atoms with Crippen molar-refractivity contribution in [2.45, 2.75) is 5.78 Å². The molecule has 10 heteroatoms. The molecule has 1 unspecified atom stereocenters. The Morgan fingerprint density at radius 3 is 1.86 bits per heavy atom.